The predicted molar refractivity (Wildman–Crippen MR) is 95.2 cm³/mol. The van der Waals surface area contributed by atoms with Gasteiger partial charge in [0.05, 0.1) is 0 Å². The topological polar surface area (TPSA) is 42.0 Å². The van der Waals surface area contributed by atoms with Crippen LogP contribution in [0, 0.1) is 5.92 Å². The van der Waals surface area contributed by atoms with Gasteiger partial charge in [-0.1, -0.05) is 56.4 Å². The minimum absolute atomic E-state index is 0.171. The number of nitrogens with one attached hydrogen (secondary N) is 1. The minimum atomic E-state index is 0.171. The van der Waals surface area contributed by atoms with Crippen molar-refractivity contribution in [3.05, 3.63) is 41.4 Å². The predicted octanol–water partition coefficient (Wildman–Crippen LogP) is 4.79. The third kappa shape index (κ3) is 4.64. The van der Waals surface area contributed by atoms with Gasteiger partial charge in [-0.15, -0.1) is 11.3 Å². The first-order valence-electron chi connectivity index (χ1n) is 8.57. The molecule has 1 amide bonds. The molecule has 1 fully saturated rings. The Morgan fingerprint density at radius 1 is 1.22 bits per heavy atom. The summed E-state index contributed by atoms with van der Waals surface area (Å²) in [7, 11) is 0. The Morgan fingerprint density at radius 2 is 2.04 bits per heavy atom. The van der Waals surface area contributed by atoms with Gasteiger partial charge in [-0.05, 0) is 17.9 Å². The third-order valence-corrected chi connectivity index (χ3v) is 5.47. The van der Waals surface area contributed by atoms with E-state index in [4.69, 9.17) is 0 Å². The fourth-order valence-electron chi connectivity index (χ4n) is 3.33. The molecule has 0 saturated heterocycles. The van der Waals surface area contributed by atoms with E-state index < -0.39 is 0 Å². The number of rotatable bonds is 6. The van der Waals surface area contributed by atoms with Crippen LogP contribution < -0.4 is 5.32 Å². The highest BCUT2D eigenvalue weighted by atomic mass is 32.1. The lowest BCUT2D eigenvalue weighted by molar-refractivity contribution is -0.121. The van der Waals surface area contributed by atoms with Crippen LogP contribution in [0.25, 0.3) is 10.6 Å². The van der Waals surface area contributed by atoms with Crippen molar-refractivity contribution in [2.75, 3.05) is 0 Å². The lowest BCUT2D eigenvalue weighted by Crippen LogP contribution is -2.23. The van der Waals surface area contributed by atoms with Crippen LogP contribution in [-0.4, -0.2) is 10.9 Å². The summed E-state index contributed by atoms with van der Waals surface area (Å²) in [6.45, 7) is 0.583. The summed E-state index contributed by atoms with van der Waals surface area (Å²) < 4.78 is 0. The lowest BCUT2D eigenvalue weighted by Gasteiger charge is -2.21. The molecule has 4 heteroatoms. The smallest absolute Gasteiger partial charge is 0.220 e. The van der Waals surface area contributed by atoms with Crippen molar-refractivity contribution >= 4 is 17.2 Å². The quantitative estimate of drug-likeness (QED) is 0.828. The van der Waals surface area contributed by atoms with Crippen molar-refractivity contribution in [2.24, 2.45) is 5.92 Å². The maximum Gasteiger partial charge on any atom is 0.220 e. The second-order valence-corrected chi connectivity index (χ2v) is 7.21. The SMILES string of the molecule is O=C(CCC1CCCCC1)NCc1ccccc1-c1nccs1. The molecule has 0 bridgehead atoms. The zero-order valence-corrected chi connectivity index (χ0v) is 14.3. The maximum absolute atomic E-state index is 12.1. The van der Waals surface area contributed by atoms with E-state index in [-0.39, 0.29) is 5.91 Å². The highest BCUT2D eigenvalue weighted by Crippen LogP contribution is 2.27. The van der Waals surface area contributed by atoms with E-state index in [1.54, 1.807) is 11.3 Å². The standard InChI is InChI=1S/C19H24N2OS/c22-18(11-10-15-6-2-1-3-7-15)21-14-16-8-4-5-9-17(16)19-20-12-13-23-19/h4-5,8-9,12-13,15H,1-3,6-7,10-11,14H2,(H,21,22). The highest BCUT2D eigenvalue weighted by molar-refractivity contribution is 7.13. The fourth-order valence-corrected chi connectivity index (χ4v) is 4.03. The van der Waals surface area contributed by atoms with Crippen LogP contribution >= 0.6 is 11.3 Å². The number of hydrogen-bond donors (Lipinski definition) is 1. The normalized spacial score (nSPS) is 15.5. The molecule has 2 aromatic rings. The third-order valence-electron chi connectivity index (χ3n) is 4.66. The molecule has 1 saturated carbocycles. The molecular formula is C19H24N2OS. The zero-order chi connectivity index (χ0) is 15.9. The Bertz CT molecular complexity index is 618. The Morgan fingerprint density at radius 3 is 2.83 bits per heavy atom. The molecule has 1 aromatic heterocycles. The molecule has 1 heterocycles. The van der Waals surface area contributed by atoms with E-state index in [0.29, 0.717) is 13.0 Å². The first kappa shape index (κ1) is 16.2. The summed E-state index contributed by atoms with van der Waals surface area (Å²) in [5, 5.41) is 6.07. The molecule has 1 N–H and O–H groups in total. The summed E-state index contributed by atoms with van der Waals surface area (Å²) in [5.41, 5.74) is 2.25. The Balaban J connectivity index is 1.51. The van der Waals surface area contributed by atoms with Crippen molar-refractivity contribution in [2.45, 2.75) is 51.5 Å². The van der Waals surface area contributed by atoms with Crippen molar-refractivity contribution in [1.29, 1.82) is 0 Å². The van der Waals surface area contributed by atoms with Gasteiger partial charge in [-0.25, -0.2) is 4.98 Å². The van der Waals surface area contributed by atoms with Crippen LogP contribution in [0.2, 0.25) is 0 Å². The van der Waals surface area contributed by atoms with Crippen LogP contribution in [0.5, 0.6) is 0 Å². The van der Waals surface area contributed by atoms with Crippen LogP contribution in [0.3, 0.4) is 0 Å². The van der Waals surface area contributed by atoms with Crippen molar-refractivity contribution in [3.8, 4) is 10.6 Å². The number of carbonyl (C=O) groups is 1. The Labute approximate surface area is 142 Å². The van der Waals surface area contributed by atoms with Crippen molar-refractivity contribution in [3.63, 3.8) is 0 Å². The zero-order valence-electron chi connectivity index (χ0n) is 13.5. The number of aromatic nitrogens is 1. The van der Waals surface area contributed by atoms with Gasteiger partial charge in [0, 0.05) is 30.1 Å². The van der Waals surface area contributed by atoms with Gasteiger partial charge in [0.2, 0.25) is 5.91 Å². The summed E-state index contributed by atoms with van der Waals surface area (Å²) in [4.78, 5) is 16.5. The number of amides is 1. The van der Waals surface area contributed by atoms with Crippen LogP contribution in [-0.2, 0) is 11.3 Å². The fraction of sp³-hybridized carbons (Fsp3) is 0.474. The molecule has 122 valence electrons. The average Bonchev–Trinajstić information content (AvgIpc) is 3.14. The largest absolute Gasteiger partial charge is 0.352 e. The van der Waals surface area contributed by atoms with E-state index in [1.807, 2.05) is 23.7 Å². The van der Waals surface area contributed by atoms with Gasteiger partial charge in [0.15, 0.2) is 0 Å². The molecule has 0 unspecified atom stereocenters. The first-order valence-corrected chi connectivity index (χ1v) is 9.45. The summed E-state index contributed by atoms with van der Waals surface area (Å²) in [6, 6.07) is 8.17. The van der Waals surface area contributed by atoms with Gasteiger partial charge in [0.25, 0.3) is 0 Å². The molecule has 1 aliphatic carbocycles. The average molecular weight is 328 g/mol. The highest BCUT2D eigenvalue weighted by Gasteiger charge is 2.15. The lowest BCUT2D eigenvalue weighted by atomic mass is 9.86. The number of thiazole rings is 1. The van der Waals surface area contributed by atoms with Crippen LogP contribution in [0.4, 0.5) is 0 Å². The molecule has 3 nitrogen and oxygen atoms in total. The monoisotopic (exact) mass is 328 g/mol. The van der Waals surface area contributed by atoms with E-state index >= 15 is 0 Å². The van der Waals surface area contributed by atoms with E-state index in [9.17, 15) is 4.79 Å². The summed E-state index contributed by atoms with van der Waals surface area (Å²) >= 11 is 1.63. The number of carbonyl (C=O) groups excluding carboxylic acids is 1. The second kappa shape index (κ2) is 8.25. The number of nitrogens with zero attached hydrogens (tertiary/aromatic N) is 1. The summed E-state index contributed by atoms with van der Waals surface area (Å²) in [6.07, 6.45) is 10.2. The minimum Gasteiger partial charge on any atom is -0.352 e. The van der Waals surface area contributed by atoms with E-state index in [2.05, 4.69) is 22.4 Å². The van der Waals surface area contributed by atoms with E-state index in [1.165, 1.54) is 32.1 Å². The van der Waals surface area contributed by atoms with Crippen LogP contribution in [0.15, 0.2) is 35.8 Å². The summed E-state index contributed by atoms with van der Waals surface area (Å²) in [5.74, 6) is 0.932. The van der Waals surface area contributed by atoms with E-state index in [0.717, 1.165) is 28.5 Å². The molecule has 0 aliphatic heterocycles. The number of hydrogen-bond acceptors (Lipinski definition) is 3. The maximum atomic E-state index is 12.1. The molecular weight excluding hydrogens is 304 g/mol. The molecule has 0 radical (unpaired) electrons. The van der Waals surface area contributed by atoms with Crippen molar-refractivity contribution in [1.82, 2.24) is 10.3 Å². The molecule has 0 atom stereocenters. The van der Waals surface area contributed by atoms with Crippen molar-refractivity contribution < 1.29 is 4.79 Å². The molecule has 3 rings (SSSR count). The second-order valence-electron chi connectivity index (χ2n) is 6.31. The van der Waals surface area contributed by atoms with Gasteiger partial charge < -0.3 is 5.32 Å². The Hall–Kier alpha value is -1.68. The first-order chi connectivity index (χ1) is 11.3. The molecule has 23 heavy (non-hydrogen) atoms. The van der Waals surface area contributed by atoms with Gasteiger partial charge in [0.1, 0.15) is 5.01 Å². The Kier molecular flexibility index (Phi) is 5.81. The molecule has 0 spiro atoms. The molecule has 1 aromatic carbocycles. The van der Waals surface area contributed by atoms with Gasteiger partial charge >= 0.3 is 0 Å². The number of benzene rings is 1. The van der Waals surface area contributed by atoms with Gasteiger partial charge in [-0.2, -0.15) is 0 Å². The van der Waals surface area contributed by atoms with Gasteiger partial charge in [-0.3, -0.25) is 4.79 Å². The van der Waals surface area contributed by atoms with Crippen LogP contribution in [0.1, 0.15) is 50.5 Å². The molecule has 1 aliphatic rings.